The summed E-state index contributed by atoms with van der Waals surface area (Å²) < 4.78 is 15.1. The maximum absolute atomic E-state index is 11.5. The molecule has 0 unspecified atom stereocenters. The van der Waals surface area contributed by atoms with Gasteiger partial charge in [0.15, 0.2) is 0 Å². The van der Waals surface area contributed by atoms with Crippen LogP contribution in [-0.2, 0) is 16.1 Å². The number of benzene rings is 2. The van der Waals surface area contributed by atoms with Crippen LogP contribution in [0.4, 0.5) is 0 Å². The van der Waals surface area contributed by atoms with Gasteiger partial charge in [-0.2, -0.15) is 0 Å². The van der Waals surface area contributed by atoms with E-state index in [1.54, 1.807) is 36.4 Å². The van der Waals surface area contributed by atoms with Crippen LogP contribution in [0.2, 0.25) is 0 Å². The first kappa shape index (κ1) is 18.6. The summed E-state index contributed by atoms with van der Waals surface area (Å²) in [6.07, 6.45) is 0. The number of hydrogen-bond acceptors (Lipinski definition) is 7. The van der Waals surface area contributed by atoms with Gasteiger partial charge in [-0.15, -0.1) is 11.3 Å². The van der Waals surface area contributed by atoms with Gasteiger partial charge in [-0.05, 0) is 36.4 Å². The number of carbonyl (C=O) groups is 2. The minimum atomic E-state index is -0.385. The third kappa shape index (κ3) is 4.51. The highest BCUT2D eigenvalue weighted by atomic mass is 32.1. The Balaban J connectivity index is 1.62. The zero-order chi connectivity index (χ0) is 19.2. The van der Waals surface area contributed by atoms with Gasteiger partial charge in [0.25, 0.3) is 0 Å². The fourth-order valence-corrected chi connectivity index (χ4v) is 3.15. The van der Waals surface area contributed by atoms with Crippen molar-refractivity contribution in [2.24, 2.45) is 0 Å². The Morgan fingerprint density at radius 2 is 1.44 bits per heavy atom. The molecule has 0 N–H and O–H groups in total. The third-order valence-corrected chi connectivity index (χ3v) is 4.71. The number of rotatable bonds is 6. The highest BCUT2D eigenvalue weighted by Crippen LogP contribution is 2.25. The molecule has 0 spiro atoms. The molecule has 0 atom stereocenters. The Kier molecular flexibility index (Phi) is 5.83. The maximum atomic E-state index is 11.5. The largest absolute Gasteiger partial charge is 0.487 e. The van der Waals surface area contributed by atoms with E-state index in [-0.39, 0.29) is 11.9 Å². The Morgan fingerprint density at radius 3 is 2.00 bits per heavy atom. The first-order valence-corrected chi connectivity index (χ1v) is 8.93. The Bertz CT molecular complexity index is 932. The smallest absolute Gasteiger partial charge is 0.337 e. The van der Waals surface area contributed by atoms with Crippen LogP contribution in [0, 0.1) is 0 Å². The third-order valence-electron chi connectivity index (χ3n) is 3.77. The molecule has 1 heterocycles. The molecule has 7 heteroatoms. The zero-order valence-electron chi connectivity index (χ0n) is 14.8. The van der Waals surface area contributed by atoms with Crippen LogP contribution in [0.25, 0.3) is 10.6 Å². The summed E-state index contributed by atoms with van der Waals surface area (Å²) in [7, 11) is 2.70. The van der Waals surface area contributed by atoms with E-state index in [1.165, 1.54) is 25.6 Å². The van der Waals surface area contributed by atoms with Crippen molar-refractivity contribution in [1.29, 1.82) is 0 Å². The van der Waals surface area contributed by atoms with Gasteiger partial charge in [0.05, 0.1) is 31.0 Å². The second-order valence-corrected chi connectivity index (χ2v) is 6.38. The van der Waals surface area contributed by atoms with Crippen LogP contribution in [0.1, 0.15) is 26.4 Å². The molecule has 3 rings (SSSR count). The van der Waals surface area contributed by atoms with Crippen LogP contribution in [0.15, 0.2) is 53.9 Å². The van der Waals surface area contributed by atoms with Gasteiger partial charge in [-0.1, -0.05) is 12.1 Å². The summed E-state index contributed by atoms with van der Waals surface area (Å²) in [5, 5.41) is 2.76. The van der Waals surface area contributed by atoms with Gasteiger partial charge in [0.2, 0.25) is 0 Å². The van der Waals surface area contributed by atoms with E-state index < -0.39 is 0 Å². The minimum Gasteiger partial charge on any atom is -0.487 e. The van der Waals surface area contributed by atoms with Gasteiger partial charge < -0.3 is 14.2 Å². The summed E-state index contributed by atoms with van der Waals surface area (Å²) in [5.74, 6) is -0.114. The lowest BCUT2D eigenvalue weighted by Crippen LogP contribution is -2.01. The van der Waals surface area contributed by atoms with Crippen LogP contribution >= 0.6 is 11.3 Å². The first-order valence-electron chi connectivity index (χ1n) is 8.05. The molecule has 0 aliphatic carbocycles. The van der Waals surface area contributed by atoms with Crippen molar-refractivity contribution in [2.75, 3.05) is 14.2 Å². The minimum absolute atomic E-state index is 0.314. The van der Waals surface area contributed by atoms with Gasteiger partial charge in [-0.3, -0.25) is 0 Å². The molecule has 27 heavy (non-hydrogen) atoms. The Labute approximate surface area is 160 Å². The molecule has 0 fully saturated rings. The Morgan fingerprint density at radius 1 is 0.889 bits per heavy atom. The number of nitrogens with zero attached hydrogens (tertiary/aromatic N) is 1. The number of aromatic nitrogens is 1. The van der Waals surface area contributed by atoms with Gasteiger partial charge in [0.1, 0.15) is 17.4 Å². The molecule has 0 aliphatic heterocycles. The van der Waals surface area contributed by atoms with Gasteiger partial charge in [-0.25, -0.2) is 14.6 Å². The van der Waals surface area contributed by atoms with Crippen molar-refractivity contribution in [1.82, 2.24) is 4.98 Å². The summed E-state index contributed by atoms with van der Waals surface area (Å²) >= 11 is 1.50. The number of carbonyl (C=O) groups excluding carboxylic acids is 2. The fourth-order valence-electron chi connectivity index (χ4n) is 2.33. The lowest BCUT2D eigenvalue weighted by Gasteiger charge is -2.05. The van der Waals surface area contributed by atoms with Crippen molar-refractivity contribution in [3.8, 4) is 16.3 Å². The van der Waals surface area contributed by atoms with E-state index in [2.05, 4.69) is 9.72 Å². The van der Waals surface area contributed by atoms with Crippen molar-refractivity contribution in [2.45, 2.75) is 6.61 Å². The van der Waals surface area contributed by atoms with Crippen LogP contribution in [-0.4, -0.2) is 31.1 Å². The fraction of sp³-hybridized carbons (Fsp3) is 0.150. The van der Waals surface area contributed by atoms with E-state index in [1.807, 2.05) is 17.5 Å². The van der Waals surface area contributed by atoms with E-state index in [0.717, 1.165) is 16.3 Å². The number of methoxy groups -OCH3 is 2. The van der Waals surface area contributed by atoms with E-state index in [9.17, 15) is 9.59 Å². The molecular formula is C20H17NO5S. The maximum Gasteiger partial charge on any atom is 0.337 e. The number of thiazole rings is 1. The average molecular weight is 383 g/mol. The summed E-state index contributed by atoms with van der Waals surface area (Å²) in [4.78, 5) is 27.5. The summed E-state index contributed by atoms with van der Waals surface area (Å²) in [6.45, 7) is 0.314. The summed E-state index contributed by atoms with van der Waals surface area (Å²) in [6, 6.07) is 13.8. The second-order valence-electron chi connectivity index (χ2n) is 5.52. The zero-order valence-corrected chi connectivity index (χ0v) is 15.6. The molecule has 138 valence electrons. The van der Waals surface area contributed by atoms with E-state index >= 15 is 0 Å². The number of hydrogen-bond donors (Lipinski definition) is 0. The molecule has 0 saturated heterocycles. The number of ether oxygens (including phenoxy) is 3. The highest BCUT2D eigenvalue weighted by Gasteiger charge is 2.09. The monoisotopic (exact) mass is 383 g/mol. The van der Waals surface area contributed by atoms with E-state index in [0.29, 0.717) is 23.5 Å². The second kappa shape index (κ2) is 8.46. The molecule has 0 saturated carbocycles. The highest BCUT2D eigenvalue weighted by molar-refractivity contribution is 7.13. The van der Waals surface area contributed by atoms with Gasteiger partial charge >= 0.3 is 11.9 Å². The molecule has 3 aromatic rings. The van der Waals surface area contributed by atoms with Crippen molar-refractivity contribution in [3.05, 3.63) is 70.7 Å². The quantitative estimate of drug-likeness (QED) is 0.600. The molecule has 0 bridgehead atoms. The van der Waals surface area contributed by atoms with Crippen molar-refractivity contribution >= 4 is 23.3 Å². The molecule has 0 amide bonds. The number of esters is 2. The molecule has 2 aromatic carbocycles. The molecule has 6 nitrogen and oxygen atoms in total. The van der Waals surface area contributed by atoms with Crippen molar-refractivity contribution in [3.63, 3.8) is 0 Å². The van der Waals surface area contributed by atoms with Crippen molar-refractivity contribution < 1.29 is 23.8 Å². The van der Waals surface area contributed by atoms with Gasteiger partial charge in [0, 0.05) is 10.9 Å². The normalized spacial score (nSPS) is 10.3. The van der Waals surface area contributed by atoms with Crippen LogP contribution in [0.5, 0.6) is 5.75 Å². The molecule has 0 aliphatic rings. The predicted molar refractivity (Wildman–Crippen MR) is 101 cm³/mol. The standard InChI is InChI=1S/C20H17NO5S/c1-24-19(22)14-5-3-13(4-6-14)18-21-16(12-27-18)11-26-17-9-7-15(8-10-17)20(23)25-2/h3-10,12H,11H2,1-2H3. The van der Waals surface area contributed by atoms with Crippen LogP contribution < -0.4 is 4.74 Å². The van der Waals surface area contributed by atoms with E-state index in [4.69, 9.17) is 9.47 Å². The lowest BCUT2D eigenvalue weighted by atomic mass is 10.1. The first-order chi connectivity index (χ1) is 13.1. The molecule has 0 radical (unpaired) electrons. The molecular weight excluding hydrogens is 366 g/mol. The predicted octanol–water partition coefficient (Wildman–Crippen LogP) is 3.96. The lowest BCUT2D eigenvalue weighted by molar-refractivity contribution is 0.0592. The summed E-state index contributed by atoms with van der Waals surface area (Å²) in [5.41, 5.74) is 2.68. The topological polar surface area (TPSA) is 74.7 Å². The molecule has 1 aromatic heterocycles. The van der Waals surface area contributed by atoms with Crippen LogP contribution in [0.3, 0.4) is 0 Å². The SMILES string of the molecule is COC(=O)c1ccc(OCc2csc(-c3ccc(C(=O)OC)cc3)n2)cc1. The average Bonchev–Trinajstić information content (AvgIpc) is 3.20. The Hall–Kier alpha value is -3.19.